The fraction of sp³-hybridized carbons (Fsp3) is 0.133. The Hall–Kier alpha value is -3.62. The third-order valence-corrected chi connectivity index (χ3v) is 5.93. The lowest BCUT2D eigenvalue weighted by atomic mass is 9.78. The standard InChI is InChI=1S/C30H29NO/c1-23-9-7-8-12-29(23)30(32,26-10-5-4-6-11-26)27-19-15-24(16-20-27)13-14-25-17-21-28(22-18-25)31(2)3/h4-22,32H,1-3H3/b14-13+. The van der Waals surface area contributed by atoms with E-state index in [9.17, 15) is 5.11 Å². The highest BCUT2D eigenvalue weighted by molar-refractivity contribution is 5.71. The molecule has 1 unspecified atom stereocenters. The summed E-state index contributed by atoms with van der Waals surface area (Å²) in [6, 6.07) is 34.5. The number of hydrogen-bond acceptors (Lipinski definition) is 2. The first-order chi connectivity index (χ1) is 15.5. The van der Waals surface area contributed by atoms with Crippen LogP contribution in [0.25, 0.3) is 12.2 Å². The minimum Gasteiger partial charge on any atom is -0.378 e. The van der Waals surface area contributed by atoms with E-state index in [0.29, 0.717) is 0 Å². The van der Waals surface area contributed by atoms with Gasteiger partial charge in [-0.1, -0.05) is 103 Å². The van der Waals surface area contributed by atoms with Crippen LogP contribution in [-0.4, -0.2) is 19.2 Å². The lowest BCUT2D eigenvalue weighted by molar-refractivity contribution is 0.125. The molecule has 32 heavy (non-hydrogen) atoms. The van der Waals surface area contributed by atoms with Crippen molar-refractivity contribution in [2.45, 2.75) is 12.5 Å². The summed E-state index contributed by atoms with van der Waals surface area (Å²) >= 11 is 0. The topological polar surface area (TPSA) is 23.5 Å². The SMILES string of the molecule is Cc1ccccc1C(O)(c1ccccc1)c1ccc(/C=C/c2ccc(N(C)C)cc2)cc1. The monoisotopic (exact) mass is 419 g/mol. The van der Waals surface area contributed by atoms with Crippen LogP contribution in [0.1, 0.15) is 33.4 Å². The maximum atomic E-state index is 12.1. The summed E-state index contributed by atoms with van der Waals surface area (Å²) in [6.07, 6.45) is 4.21. The minimum atomic E-state index is -1.21. The Kier molecular flexibility index (Phi) is 6.25. The van der Waals surface area contributed by atoms with Crippen LogP contribution in [0.3, 0.4) is 0 Å². The molecule has 0 aliphatic heterocycles. The van der Waals surface area contributed by atoms with E-state index in [-0.39, 0.29) is 0 Å². The molecule has 0 fully saturated rings. The number of benzene rings is 4. The zero-order valence-corrected chi connectivity index (χ0v) is 18.9. The Morgan fingerprint density at radius 3 is 1.69 bits per heavy atom. The second-order valence-electron chi connectivity index (χ2n) is 8.33. The zero-order valence-electron chi connectivity index (χ0n) is 18.9. The van der Waals surface area contributed by atoms with Crippen molar-refractivity contribution in [3.05, 3.63) is 137 Å². The molecule has 4 aromatic rings. The molecule has 1 N–H and O–H groups in total. The van der Waals surface area contributed by atoms with E-state index in [1.807, 2.05) is 87.7 Å². The van der Waals surface area contributed by atoms with Gasteiger partial charge in [0.1, 0.15) is 5.60 Å². The summed E-state index contributed by atoms with van der Waals surface area (Å²) in [5, 5.41) is 12.1. The highest BCUT2D eigenvalue weighted by atomic mass is 16.3. The van der Waals surface area contributed by atoms with Crippen LogP contribution in [0.4, 0.5) is 5.69 Å². The molecular formula is C30H29NO. The van der Waals surface area contributed by atoms with Crippen molar-refractivity contribution in [3.8, 4) is 0 Å². The Morgan fingerprint density at radius 1 is 0.625 bits per heavy atom. The van der Waals surface area contributed by atoms with E-state index in [4.69, 9.17) is 0 Å². The van der Waals surface area contributed by atoms with Gasteiger partial charge in [0.25, 0.3) is 0 Å². The van der Waals surface area contributed by atoms with Crippen molar-refractivity contribution in [2.24, 2.45) is 0 Å². The summed E-state index contributed by atoms with van der Waals surface area (Å²) in [6.45, 7) is 2.04. The molecule has 2 nitrogen and oxygen atoms in total. The highest BCUT2D eigenvalue weighted by Gasteiger charge is 2.34. The molecule has 0 saturated carbocycles. The van der Waals surface area contributed by atoms with Gasteiger partial charge in [-0.3, -0.25) is 0 Å². The fourth-order valence-corrected chi connectivity index (χ4v) is 4.05. The van der Waals surface area contributed by atoms with Crippen LogP contribution in [-0.2, 0) is 5.60 Å². The maximum Gasteiger partial charge on any atom is 0.140 e. The van der Waals surface area contributed by atoms with Crippen LogP contribution in [0, 0.1) is 6.92 Å². The molecule has 0 saturated heterocycles. The number of aryl methyl sites for hydroxylation is 1. The van der Waals surface area contributed by atoms with E-state index < -0.39 is 5.60 Å². The van der Waals surface area contributed by atoms with Crippen LogP contribution in [0.2, 0.25) is 0 Å². The normalized spacial score (nSPS) is 13.1. The van der Waals surface area contributed by atoms with Crippen LogP contribution >= 0.6 is 0 Å². The van der Waals surface area contributed by atoms with Crippen molar-refractivity contribution in [1.82, 2.24) is 0 Å². The van der Waals surface area contributed by atoms with Crippen LogP contribution in [0.5, 0.6) is 0 Å². The van der Waals surface area contributed by atoms with E-state index in [2.05, 4.69) is 53.5 Å². The Morgan fingerprint density at radius 2 is 1.12 bits per heavy atom. The Labute approximate surface area is 191 Å². The number of hydrogen-bond donors (Lipinski definition) is 1. The molecule has 2 heteroatoms. The largest absolute Gasteiger partial charge is 0.378 e. The molecule has 0 bridgehead atoms. The lowest BCUT2D eigenvalue weighted by Crippen LogP contribution is -2.29. The first-order valence-electron chi connectivity index (χ1n) is 10.9. The molecule has 0 amide bonds. The first kappa shape index (κ1) is 21.6. The molecular weight excluding hydrogens is 390 g/mol. The first-order valence-corrected chi connectivity index (χ1v) is 10.9. The minimum absolute atomic E-state index is 0.852. The van der Waals surface area contributed by atoms with Gasteiger partial charge in [0, 0.05) is 19.8 Å². The summed E-state index contributed by atoms with van der Waals surface area (Å²) < 4.78 is 0. The van der Waals surface area contributed by atoms with Gasteiger partial charge < -0.3 is 10.0 Å². The van der Waals surface area contributed by atoms with Gasteiger partial charge >= 0.3 is 0 Å². The van der Waals surface area contributed by atoms with Crippen molar-refractivity contribution in [3.63, 3.8) is 0 Å². The maximum absolute atomic E-state index is 12.1. The van der Waals surface area contributed by atoms with Gasteiger partial charge in [-0.05, 0) is 52.4 Å². The van der Waals surface area contributed by atoms with Crippen LogP contribution < -0.4 is 4.90 Å². The molecule has 0 radical (unpaired) electrons. The predicted molar refractivity (Wildman–Crippen MR) is 136 cm³/mol. The number of nitrogens with zero attached hydrogens (tertiary/aromatic N) is 1. The molecule has 4 rings (SSSR count). The average molecular weight is 420 g/mol. The third kappa shape index (κ3) is 4.37. The Bertz CT molecular complexity index is 1190. The van der Waals surface area contributed by atoms with E-state index in [1.165, 1.54) is 5.69 Å². The van der Waals surface area contributed by atoms with Crippen molar-refractivity contribution in [1.29, 1.82) is 0 Å². The highest BCUT2D eigenvalue weighted by Crippen LogP contribution is 2.38. The van der Waals surface area contributed by atoms with E-state index in [1.54, 1.807) is 0 Å². The lowest BCUT2D eigenvalue weighted by Gasteiger charge is -2.31. The van der Waals surface area contributed by atoms with Crippen molar-refractivity contribution >= 4 is 17.8 Å². The number of anilines is 1. The molecule has 0 aliphatic rings. The molecule has 160 valence electrons. The summed E-state index contributed by atoms with van der Waals surface area (Å²) in [5.41, 5.74) is 5.88. The second-order valence-corrected chi connectivity index (χ2v) is 8.33. The predicted octanol–water partition coefficient (Wildman–Crippen LogP) is 6.52. The van der Waals surface area contributed by atoms with Crippen LogP contribution in [0.15, 0.2) is 103 Å². The van der Waals surface area contributed by atoms with Gasteiger partial charge in [0.2, 0.25) is 0 Å². The van der Waals surface area contributed by atoms with Crippen molar-refractivity contribution in [2.75, 3.05) is 19.0 Å². The molecule has 0 aromatic heterocycles. The fourth-order valence-electron chi connectivity index (χ4n) is 4.05. The summed E-state index contributed by atoms with van der Waals surface area (Å²) in [4.78, 5) is 2.09. The van der Waals surface area contributed by atoms with Crippen molar-refractivity contribution < 1.29 is 5.11 Å². The van der Waals surface area contributed by atoms with Gasteiger partial charge in [0.15, 0.2) is 0 Å². The zero-order chi connectivity index (χ0) is 22.6. The van der Waals surface area contributed by atoms with Gasteiger partial charge in [-0.25, -0.2) is 0 Å². The second kappa shape index (κ2) is 9.25. The van der Waals surface area contributed by atoms with Gasteiger partial charge in [-0.2, -0.15) is 0 Å². The van der Waals surface area contributed by atoms with E-state index >= 15 is 0 Å². The third-order valence-electron chi connectivity index (χ3n) is 5.93. The summed E-state index contributed by atoms with van der Waals surface area (Å²) in [5.74, 6) is 0. The molecule has 0 spiro atoms. The Balaban J connectivity index is 1.66. The quantitative estimate of drug-likeness (QED) is 0.284. The molecule has 4 aromatic carbocycles. The molecule has 0 aliphatic carbocycles. The smallest absolute Gasteiger partial charge is 0.140 e. The summed E-state index contributed by atoms with van der Waals surface area (Å²) in [7, 11) is 4.08. The number of rotatable bonds is 6. The average Bonchev–Trinajstić information content (AvgIpc) is 2.84. The van der Waals surface area contributed by atoms with Gasteiger partial charge in [-0.15, -0.1) is 0 Å². The molecule has 0 heterocycles. The van der Waals surface area contributed by atoms with Gasteiger partial charge in [0.05, 0.1) is 0 Å². The molecule has 1 atom stereocenters. The van der Waals surface area contributed by atoms with E-state index in [0.717, 1.165) is 33.4 Å². The number of aliphatic hydroxyl groups is 1.